The zero-order valence-corrected chi connectivity index (χ0v) is 22.8. The summed E-state index contributed by atoms with van der Waals surface area (Å²) in [7, 11) is -4.32. The number of imidazole rings is 1. The number of rotatable bonds is 14. The Bertz CT molecular complexity index is 1500. The third kappa shape index (κ3) is 6.14. The number of aryl methyl sites for hydroxylation is 2. The minimum absolute atomic E-state index is 0.0241. The van der Waals surface area contributed by atoms with Crippen LogP contribution in [-0.2, 0) is 32.4 Å². The number of anilines is 1. The van der Waals surface area contributed by atoms with E-state index in [1.807, 2.05) is 0 Å². The number of Topliss-reactive ketones (excluding diaryl/α,β-unsaturated/α-hetero) is 1. The minimum Gasteiger partial charge on any atom is -0.480 e. The average molecular weight is 583 g/mol. The van der Waals surface area contributed by atoms with Crippen molar-refractivity contribution >= 4 is 33.9 Å². The van der Waals surface area contributed by atoms with Gasteiger partial charge in [-0.25, -0.2) is 13.4 Å². The quantitative estimate of drug-likeness (QED) is 0.162. The van der Waals surface area contributed by atoms with E-state index in [-0.39, 0.29) is 17.3 Å². The summed E-state index contributed by atoms with van der Waals surface area (Å²) < 4.78 is 39.6. The second-order valence-corrected chi connectivity index (χ2v) is 11.4. The number of nitrogens with one attached hydrogen (secondary N) is 3. The van der Waals surface area contributed by atoms with Crippen LogP contribution < -0.4 is 10.0 Å². The lowest BCUT2D eigenvalue weighted by Crippen LogP contribution is -2.60. The molecule has 1 aliphatic heterocycles. The van der Waals surface area contributed by atoms with E-state index in [0.29, 0.717) is 18.9 Å². The fourth-order valence-corrected chi connectivity index (χ4v) is 6.15. The van der Waals surface area contributed by atoms with E-state index in [1.54, 1.807) is 6.07 Å². The molecule has 0 radical (unpaired) electrons. The summed E-state index contributed by atoms with van der Waals surface area (Å²) in [5.74, 6) is -1.81. The van der Waals surface area contributed by atoms with Crippen molar-refractivity contribution in [3.63, 3.8) is 0 Å². The smallest absolute Gasteiger partial charge is 0.324 e. The molecule has 0 saturated carbocycles. The van der Waals surface area contributed by atoms with Gasteiger partial charge in [0.15, 0.2) is 5.54 Å². The molecule has 3 heterocycles. The first-order chi connectivity index (χ1) is 19.8. The molecule has 0 spiro atoms. The molecule has 3 atom stereocenters. The molecule has 2 aromatic heterocycles. The molecule has 0 fully saturated rings. The van der Waals surface area contributed by atoms with E-state index in [1.165, 1.54) is 54.9 Å². The van der Waals surface area contributed by atoms with Crippen molar-refractivity contribution in [2.24, 2.45) is 4.99 Å². The van der Waals surface area contributed by atoms with Gasteiger partial charge in [0.2, 0.25) is 27.5 Å². The third-order valence-corrected chi connectivity index (χ3v) is 8.41. The maximum atomic E-state index is 13.6. The molecule has 0 bridgehead atoms. The van der Waals surface area contributed by atoms with Crippen LogP contribution in [-0.4, -0.2) is 77.5 Å². The summed E-state index contributed by atoms with van der Waals surface area (Å²) in [4.78, 5) is 38.2. The summed E-state index contributed by atoms with van der Waals surface area (Å²) in [6.07, 6.45) is 8.37. The van der Waals surface area contributed by atoms with E-state index in [4.69, 9.17) is 9.26 Å². The van der Waals surface area contributed by atoms with E-state index in [2.05, 4.69) is 30.2 Å². The number of carbonyl (C=O) groups excluding carboxylic acids is 1. The molecule has 0 saturated heterocycles. The van der Waals surface area contributed by atoms with E-state index >= 15 is 0 Å². The zero-order chi connectivity index (χ0) is 28.9. The molecule has 4 N–H and O–H groups in total. The average Bonchev–Trinajstić information content (AvgIpc) is 3.75. The lowest BCUT2D eigenvalue weighted by molar-refractivity contribution is -0.144. The van der Waals surface area contributed by atoms with Gasteiger partial charge in [-0.1, -0.05) is 23.4 Å². The molecule has 41 heavy (non-hydrogen) atoms. The Hall–Kier alpha value is -4.14. The first-order valence-electron chi connectivity index (χ1n) is 13.2. The Morgan fingerprint density at radius 2 is 1.98 bits per heavy atom. The fourth-order valence-electron chi connectivity index (χ4n) is 4.94. The van der Waals surface area contributed by atoms with Crippen molar-refractivity contribution in [2.75, 3.05) is 18.5 Å². The molecular formula is C27H30N6O7S. The number of nitrogens with zero attached hydrogens (tertiary/aromatic N) is 3. The Morgan fingerprint density at radius 1 is 1.17 bits per heavy atom. The van der Waals surface area contributed by atoms with Gasteiger partial charge in [-0.2, -0.15) is 4.72 Å². The van der Waals surface area contributed by atoms with Crippen LogP contribution in [0.25, 0.3) is 0 Å². The van der Waals surface area contributed by atoms with Crippen LogP contribution in [0.3, 0.4) is 0 Å². The predicted molar refractivity (Wildman–Crippen MR) is 147 cm³/mol. The number of carboxylic acid groups (broad SMARTS) is 1. The molecule has 216 valence electrons. The number of sulfonamides is 1. The molecular weight excluding hydrogens is 552 g/mol. The van der Waals surface area contributed by atoms with Crippen LogP contribution in [0.5, 0.6) is 0 Å². The molecule has 5 rings (SSSR count). The van der Waals surface area contributed by atoms with Crippen molar-refractivity contribution in [3.8, 4) is 0 Å². The number of hydrogen-bond acceptors (Lipinski definition) is 10. The van der Waals surface area contributed by atoms with Crippen LogP contribution in [0, 0.1) is 0 Å². The second kappa shape index (κ2) is 12.2. The maximum Gasteiger partial charge on any atom is 0.324 e. The molecule has 0 amide bonds. The van der Waals surface area contributed by atoms with Crippen LogP contribution in [0.2, 0.25) is 0 Å². The Balaban J connectivity index is 1.37. The highest BCUT2D eigenvalue weighted by Gasteiger charge is 2.53. The first kappa shape index (κ1) is 28.4. The van der Waals surface area contributed by atoms with Crippen molar-refractivity contribution in [1.82, 2.24) is 19.8 Å². The highest BCUT2D eigenvalue weighted by atomic mass is 32.2. The summed E-state index contributed by atoms with van der Waals surface area (Å²) in [6.45, 7) is 0.401. The van der Waals surface area contributed by atoms with Gasteiger partial charge >= 0.3 is 5.97 Å². The van der Waals surface area contributed by atoms with E-state index in [0.717, 1.165) is 37.1 Å². The number of hydrogen-bond donors (Lipinski definition) is 4. The standard InChI is InChI=1S/C27H30N6O7S/c34-23(21-12-16-30-40-21)27(13-6-15-29-27)24(22(25(35)36)33-41(37,38)18-8-2-1-3-9-18)39-17-7-14-28-26-31-19-10-4-5-11-20(19)32-26/h1-3,6,8-9,12-13,15-16,22,24,33H,4-5,7,10-11,14,17H2,(H,35,36)(H2,28,31,32). The molecule has 2 aliphatic rings. The summed E-state index contributed by atoms with van der Waals surface area (Å²) in [5, 5.41) is 17.0. The van der Waals surface area contributed by atoms with Crippen molar-refractivity contribution in [2.45, 2.75) is 54.7 Å². The van der Waals surface area contributed by atoms with Crippen molar-refractivity contribution < 1.29 is 32.4 Å². The summed E-state index contributed by atoms with van der Waals surface area (Å²) in [5.41, 5.74) is 0.266. The highest BCUT2D eigenvalue weighted by molar-refractivity contribution is 7.89. The number of ketones is 1. The number of H-pyrrole nitrogens is 1. The molecule has 3 aromatic rings. The molecule has 3 unspecified atom stereocenters. The maximum absolute atomic E-state index is 13.6. The molecule has 1 aromatic carbocycles. The number of benzene rings is 1. The van der Waals surface area contributed by atoms with E-state index in [9.17, 15) is 23.1 Å². The Labute approximate surface area is 236 Å². The Kier molecular flexibility index (Phi) is 8.42. The monoisotopic (exact) mass is 582 g/mol. The number of carboxylic acids is 1. The number of aliphatic carboxylic acids is 1. The number of carbonyl (C=O) groups is 2. The normalized spacial score (nSPS) is 19.5. The van der Waals surface area contributed by atoms with Gasteiger partial charge < -0.3 is 24.7 Å². The van der Waals surface area contributed by atoms with E-state index < -0.39 is 39.5 Å². The van der Waals surface area contributed by atoms with Gasteiger partial charge in [0.25, 0.3) is 0 Å². The van der Waals surface area contributed by atoms with Gasteiger partial charge in [0, 0.05) is 31.1 Å². The molecule has 14 heteroatoms. The number of aliphatic imine (C=N–C) groups is 1. The van der Waals surface area contributed by atoms with Gasteiger partial charge in [-0.3, -0.25) is 14.6 Å². The van der Waals surface area contributed by atoms with Gasteiger partial charge in [-0.15, -0.1) is 0 Å². The van der Waals surface area contributed by atoms with Crippen LogP contribution in [0.15, 0.2) is 69.2 Å². The van der Waals surface area contributed by atoms with Gasteiger partial charge in [-0.05, 0) is 56.4 Å². The lowest BCUT2D eigenvalue weighted by Gasteiger charge is -2.35. The second-order valence-electron chi connectivity index (χ2n) is 9.71. The van der Waals surface area contributed by atoms with Crippen LogP contribution in [0.4, 0.5) is 5.95 Å². The highest BCUT2D eigenvalue weighted by Crippen LogP contribution is 2.32. The van der Waals surface area contributed by atoms with Gasteiger partial charge in [0.05, 0.1) is 16.8 Å². The number of allylic oxidation sites excluding steroid dienone is 1. The van der Waals surface area contributed by atoms with Crippen molar-refractivity contribution in [1.29, 1.82) is 0 Å². The van der Waals surface area contributed by atoms with Crippen molar-refractivity contribution in [3.05, 3.63) is 71.9 Å². The lowest BCUT2D eigenvalue weighted by atomic mass is 9.83. The molecule has 13 nitrogen and oxygen atoms in total. The topological polar surface area (TPSA) is 189 Å². The number of fused-ring (bicyclic) bond motifs is 1. The van der Waals surface area contributed by atoms with Crippen LogP contribution >= 0.6 is 0 Å². The third-order valence-electron chi connectivity index (χ3n) is 6.95. The fraction of sp³-hybridized carbons (Fsp3) is 0.370. The number of ether oxygens (including phenoxy) is 1. The van der Waals surface area contributed by atoms with Crippen LogP contribution in [0.1, 0.15) is 41.2 Å². The minimum atomic E-state index is -4.32. The summed E-state index contributed by atoms with van der Waals surface area (Å²) >= 11 is 0. The predicted octanol–water partition coefficient (Wildman–Crippen LogP) is 2.16. The van der Waals surface area contributed by atoms with Gasteiger partial charge in [0.1, 0.15) is 12.1 Å². The largest absolute Gasteiger partial charge is 0.480 e. The summed E-state index contributed by atoms with van der Waals surface area (Å²) in [6, 6.07) is 6.75. The Morgan fingerprint density at radius 3 is 2.66 bits per heavy atom. The number of aromatic amines is 1. The SMILES string of the molecule is O=C(O)C(NS(=O)(=O)c1ccccc1)C(OCCCNc1nc2c([nH]1)CCCC2)C1(C(=O)c2ccno2)C=CC=N1. The number of aromatic nitrogens is 3. The zero-order valence-electron chi connectivity index (χ0n) is 22.0. The first-order valence-corrected chi connectivity index (χ1v) is 14.7. The molecule has 1 aliphatic carbocycles.